The van der Waals surface area contributed by atoms with Crippen molar-refractivity contribution in [3.05, 3.63) is 34.3 Å². The topological polar surface area (TPSA) is 67.3 Å². The zero-order valence-corrected chi connectivity index (χ0v) is 9.79. The molecule has 0 aliphatic rings. The van der Waals surface area contributed by atoms with Crippen molar-refractivity contribution in [2.75, 3.05) is 26.8 Å². The molecule has 0 atom stereocenters. The first-order chi connectivity index (χ1) is 8.29. The molecule has 0 unspecified atom stereocenters. The summed E-state index contributed by atoms with van der Waals surface area (Å²) in [7, 11) is 1.89. The molecule has 5 heteroatoms. The molecule has 92 valence electrons. The summed E-state index contributed by atoms with van der Waals surface area (Å²) < 4.78 is 10.4. The number of fused-ring (bicyclic) bond motifs is 1. The van der Waals surface area contributed by atoms with E-state index in [-0.39, 0.29) is 0 Å². The van der Waals surface area contributed by atoms with E-state index in [1.807, 2.05) is 25.2 Å². The Morgan fingerprint density at radius 2 is 2.29 bits per heavy atom. The largest absolute Gasteiger partial charge is 0.417 e. The number of H-pyrrole nitrogens is 1. The van der Waals surface area contributed by atoms with Crippen molar-refractivity contribution in [1.82, 2.24) is 10.3 Å². The number of aromatic nitrogens is 1. The van der Waals surface area contributed by atoms with E-state index >= 15 is 0 Å². The van der Waals surface area contributed by atoms with E-state index in [9.17, 15) is 4.79 Å². The quantitative estimate of drug-likeness (QED) is 0.731. The second kappa shape index (κ2) is 5.65. The maximum atomic E-state index is 11.0. The SMILES string of the molecule is CNCCOCCc1ccc2[nH]c(=O)oc2c1. The molecule has 0 saturated carbocycles. The van der Waals surface area contributed by atoms with Crippen molar-refractivity contribution in [3.8, 4) is 0 Å². The Morgan fingerprint density at radius 1 is 1.41 bits per heavy atom. The molecule has 0 amide bonds. The number of rotatable bonds is 6. The number of aromatic amines is 1. The van der Waals surface area contributed by atoms with E-state index in [4.69, 9.17) is 9.15 Å². The molecule has 2 N–H and O–H groups in total. The monoisotopic (exact) mass is 236 g/mol. The number of benzene rings is 1. The van der Waals surface area contributed by atoms with Crippen molar-refractivity contribution < 1.29 is 9.15 Å². The molecule has 0 radical (unpaired) electrons. The maximum absolute atomic E-state index is 11.0. The van der Waals surface area contributed by atoms with Crippen LogP contribution in [0.2, 0.25) is 0 Å². The molecule has 0 aliphatic heterocycles. The second-order valence-corrected chi connectivity index (χ2v) is 3.81. The van der Waals surface area contributed by atoms with Gasteiger partial charge in [-0.25, -0.2) is 4.79 Å². The Balaban J connectivity index is 1.92. The summed E-state index contributed by atoms with van der Waals surface area (Å²) in [6, 6.07) is 5.69. The van der Waals surface area contributed by atoms with Crippen LogP contribution in [0.3, 0.4) is 0 Å². The van der Waals surface area contributed by atoms with Crippen LogP contribution in [0.15, 0.2) is 27.4 Å². The predicted octanol–water partition coefficient (Wildman–Crippen LogP) is 0.900. The fraction of sp³-hybridized carbons (Fsp3) is 0.417. The molecule has 2 rings (SSSR count). The minimum atomic E-state index is -0.414. The molecule has 17 heavy (non-hydrogen) atoms. The molecular formula is C12H16N2O3. The average molecular weight is 236 g/mol. The summed E-state index contributed by atoms with van der Waals surface area (Å²) >= 11 is 0. The van der Waals surface area contributed by atoms with Gasteiger partial charge in [0.1, 0.15) is 0 Å². The van der Waals surface area contributed by atoms with Crippen LogP contribution in [0, 0.1) is 0 Å². The lowest BCUT2D eigenvalue weighted by Gasteiger charge is -2.03. The van der Waals surface area contributed by atoms with Gasteiger partial charge in [0.2, 0.25) is 0 Å². The molecular weight excluding hydrogens is 220 g/mol. The number of hydrogen-bond acceptors (Lipinski definition) is 4. The van der Waals surface area contributed by atoms with Crippen molar-refractivity contribution >= 4 is 11.1 Å². The molecule has 5 nitrogen and oxygen atoms in total. The van der Waals surface area contributed by atoms with Crippen LogP contribution in [0.1, 0.15) is 5.56 Å². The molecule has 0 bridgehead atoms. The molecule has 0 spiro atoms. The Morgan fingerprint density at radius 3 is 3.12 bits per heavy atom. The fourth-order valence-electron chi connectivity index (χ4n) is 1.61. The van der Waals surface area contributed by atoms with Gasteiger partial charge in [0.15, 0.2) is 5.58 Å². The number of oxazole rings is 1. The molecule has 1 aromatic carbocycles. The predicted molar refractivity (Wildman–Crippen MR) is 65.3 cm³/mol. The standard InChI is InChI=1S/C12H16N2O3/c1-13-5-7-16-6-4-9-2-3-10-11(8-9)17-12(15)14-10/h2-3,8,13H,4-7H2,1H3,(H,14,15). The summed E-state index contributed by atoms with van der Waals surface area (Å²) in [5.74, 6) is -0.414. The first kappa shape index (κ1) is 11.9. The summed E-state index contributed by atoms with van der Waals surface area (Å²) in [5.41, 5.74) is 2.43. The highest BCUT2D eigenvalue weighted by Gasteiger charge is 2.01. The van der Waals surface area contributed by atoms with Gasteiger partial charge >= 0.3 is 5.76 Å². The van der Waals surface area contributed by atoms with Gasteiger partial charge in [0, 0.05) is 6.54 Å². The van der Waals surface area contributed by atoms with Gasteiger partial charge in [-0.15, -0.1) is 0 Å². The summed E-state index contributed by atoms with van der Waals surface area (Å²) in [4.78, 5) is 13.6. The van der Waals surface area contributed by atoms with Crippen LogP contribution < -0.4 is 11.1 Å². The number of nitrogens with one attached hydrogen (secondary N) is 2. The van der Waals surface area contributed by atoms with Crippen LogP contribution in [0.5, 0.6) is 0 Å². The molecule has 1 heterocycles. The van der Waals surface area contributed by atoms with Crippen LogP contribution in [-0.4, -0.2) is 31.8 Å². The minimum Gasteiger partial charge on any atom is -0.408 e. The zero-order valence-electron chi connectivity index (χ0n) is 9.79. The lowest BCUT2D eigenvalue weighted by Crippen LogP contribution is -2.15. The first-order valence-corrected chi connectivity index (χ1v) is 5.63. The minimum absolute atomic E-state index is 0.414. The number of ether oxygens (including phenoxy) is 1. The summed E-state index contributed by atoms with van der Waals surface area (Å²) in [5, 5.41) is 3.01. The van der Waals surface area contributed by atoms with Crippen molar-refractivity contribution in [1.29, 1.82) is 0 Å². The van der Waals surface area contributed by atoms with Gasteiger partial charge in [-0.05, 0) is 31.2 Å². The average Bonchev–Trinajstić information content (AvgIpc) is 2.68. The Labute approximate surface area is 98.8 Å². The van der Waals surface area contributed by atoms with Gasteiger partial charge in [0.05, 0.1) is 18.7 Å². The Bertz CT molecular complexity index is 530. The van der Waals surface area contributed by atoms with Gasteiger partial charge < -0.3 is 14.5 Å². The summed E-state index contributed by atoms with van der Waals surface area (Å²) in [6.07, 6.45) is 0.814. The second-order valence-electron chi connectivity index (χ2n) is 3.81. The highest BCUT2D eigenvalue weighted by atomic mass is 16.5. The van der Waals surface area contributed by atoms with E-state index in [2.05, 4.69) is 10.3 Å². The fourth-order valence-corrected chi connectivity index (χ4v) is 1.61. The van der Waals surface area contributed by atoms with E-state index < -0.39 is 5.76 Å². The van der Waals surface area contributed by atoms with E-state index in [0.29, 0.717) is 18.8 Å². The smallest absolute Gasteiger partial charge is 0.408 e. The van der Waals surface area contributed by atoms with Crippen LogP contribution in [-0.2, 0) is 11.2 Å². The highest BCUT2D eigenvalue weighted by molar-refractivity contribution is 5.72. The lowest BCUT2D eigenvalue weighted by atomic mass is 10.1. The normalized spacial score (nSPS) is 11.1. The number of likely N-dealkylation sites (N-methyl/N-ethyl adjacent to an activating group) is 1. The van der Waals surface area contributed by atoms with Crippen molar-refractivity contribution in [2.24, 2.45) is 0 Å². The summed E-state index contributed by atoms with van der Waals surface area (Å²) in [6.45, 7) is 2.23. The Hall–Kier alpha value is -1.59. The first-order valence-electron chi connectivity index (χ1n) is 5.63. The molecule has 1 aromatic heterocycles. The molecule has 0 saturated heterocycles. The highest BCUT2D eigenvalue weighted by Crippen LogP contribution is 2.12. The number of hydrogen-bond donors (Lipinski definition) is 2. The van der Waals surface area contributed by atoms with E-state index in [1.54, 1.807) is 0 Å². The van der Waals surface area contributed by atoms with Crippen LogP contribution in [0.25, 0.3) is 11.1 Å². The van der Waals surface area contributed by atoms with Crippen LogP contribution in [0.4, 0.5) is 0 Å². The third kappa shape index (κ3) is 3.18. The molecule has 2 aromatic rings. The zero-order chi connectivity index (χ0) is 12.1. The molecule has 0 fully saturated rings. The van der Waals surface area contributed by atoms with Gasteiger partial charge in [-0.3, -0.25) is 4.98 Å². The van der Waals surface area contributed by atoms with E-state index in [1.165, 1.54) is 0 Å². The third-order valence-corrected chi connectivity index (χ3v) is 2.52. The lowest BCUT2D eigenvalue weighted by molar-refractivity contribution is 0.140. The Kier molecular flexibility index (Phi) is 3.95. The maximum Gasteiger partial charge on any atom is 0.417 e. The van der Waals surface area contributed by atoms with Gasteiger partial charge in [-0.1, -0.05) is 6.07 Å². The van der Waals surface area contributed by atoms with Gasteiger partial charge in [-0.2, -0.15) is 0 Å². The van der Waals surface area contributed by atoms with Crippen LogP contribution >= 0.6 is 0 Å². The van der Waals surface area contributed by atoms with Crippen molar-refractivity contribution in [2.45, 2.75) is 6.42 Å². The third-order valence-electron chi connectivity index (χ3n) is 2.52. The van der Waals surface area contributed by atoms with E-state index in [0.717, 1.165) is 24.0 Å². The molecule has 0 aliphatic carbocycles. The van der Waals surface area contributed by atoms with Gasteiger partial charge in [0.25, 0.3) is 0 Å². The van der Waals surface area contributed by atoms with Crippen molar-refractivity contribution in [3.63, 3.8) is 0 Å².